The number of anilines is 1. The van der Waals surface area contributed by atoms with Crippen LogP contribution in [-0.2, 0) is 16.1 Å². The molecular weight excluding hydrogens is 529 g/mol. The topological polar surface area (TPSA) is 71.1 Å². The lowest BCUT2D eigenvalue weighted by Crippen LogP contribution is -2.37. The molecule has 31 heavy (non-hydrogen) atoms. The van der Waals surface area contributed by atoms with E-state index in [1.54, 1.807) is 24.0 Å². The molecule has 1 saturated heterocycles. The molecule has 1 heterocycles. The van der Waals surface area contributed by atoms with Gasteiger partial charge >= 0.3 is 0 Å². The van der Waals surface area contributed by atoms with Crippen molar-refractivity contribution in [3.05, 3.63) is 51.6 Å². The molecule has 2 aromatic carbocycles. The molecule has 0 bridgehead atoms. The van der Waals surface area contributed by atoms with E-state index in [2.05, 4.69) is 27.9 Å². The number of rotatable bonds is 8. The second-order valence-electron chi connectivity index (χ2n) is 6.96. The van der Waals surface area contributed by atoms with Gasteiger partial charge in [-0.2, -0.15) is 0 Å². The van der Waals surface area contributed by atoms with E-state index in [9.17, 15) is 9.59 Å². The van der Waals surface area contributed by atoms with Gasteiger partial charge in [-0.05, 0) is 83.7 Å². The summed E-state index contributed by atoms with van der Waals surface area (Å²) in [4.78, 5) is 29.0. The predicted octanol–water partition coefficient (Wildman–Crippen LogP) is 3.65. The van der Waals surface area contributed by atoms with Gasteiger partial charge < -0.3 is 19.7 Å². The van der Waals surface area contributed by atoms with Crippen LogP contribution in [0.25, 0.3) is 0 Å². The number of hydrogen-bond donors (Lipinski definition) is 1. The highest BCUT2D eigenvalue weighted by molar-refractivity contribution is 14.1. The van der Waals surface area contributed by atoms with Gasteiger partial charge in [-0.25, -0.2) is 0 Å². The molecule has 0 saturated carbocycles. The maximum Gasteiger partial charge on any atom is 0.252 e. The van der Waals surface area contributed by atoms with Gasteiger partial charge in [0.25, 0.3) is 5.91 Å². The lowest BCUT2D eigenvalue weighted by molar-refractivity contribution is -0.130. The minimum Gasteiger partial charge on any atom is -0.493 e. The fourth-order valence-corrected chi connectivity index (χ4v) is 4.23. The predicted molar refractivity (Wildman–Crippen MR) is 131 cm³/mol. The SMILES string of the molecule is CCN1C(=O)C(CC(=O)Nc2ccc(I)cc2)N(Cc2ccc(OC)c(OC)c2)C1=S. The summed E-state index contributed by atoms with van der Waals surface area (Å²) in [6.07, 6.45) is 0.00868. The number of carbonyl (C=O) groups excluding carboxylic acids is 2. The molecule has 1 unspecified atom stereocenters. The Morgan fingerprint density at radius 1 is 1.13 bits per heavy atom. The summed E-state index contributed by atoms with van der Waals surface area (Å²) >= 11 is 7.77. The van der Waals surface area contributed by atoms with Crippen LogP contribution in [0.2, 0.25) is 0 Å². The summed E-state index contributed by atoms with van der Waals surface area (Å²) in [7, 11) is 3.15. The molecule has 1 fully saturated rings. The summed E-state index contributed by atoms with van der Waals surface area (Å²) in [6, 6.07) is 12.4. The van der Waals surface area contributed by atoms with Crippen molar-refractivity contribution < 1.29 is 19.1 Å². The maximum absolute atomic E-state index is 13.0. The molecule has 164 valence electrons. The van der Waals surface area contributed by atoms with Gasteiger partial charge in [0.2, 0.25) is 5.91 Å². The summed E-state index contributed by atoms with van der Waals surface area (Å²) in [5, 5.41) is 3.29. The molecule has 9 heteroatoms. The maximum atomic E-state index is 13.0. The first-order chi connectivity index (χ1) is 14.9. The summed E-state index contributed by atoms with van der Waals surface area (Å²) < 4.78 is 11.7. The highest BCUT2D eigenvalue weighted by Crippen LogP contribution is 2.30. The largest absolute Gasteiger partial charge is 0.493 e. The zero-order valence-corrected chi connectivity index (χ0v) is 20.5. The Morgan fingerprint density at radius 2 is 1.81 bits per heavy atom. The molecule has 0 radical (unpaired) electrons. The van der Waals surface area contributed by atoms with Crippen LogP contribution in [-0.4, -0.2) is 53.5 Å². The molecule has 7 nitrogen and oxygen atoms in total. The minimum absolute atomic E-state index is 0.00868. The van der Waals surface area contributed by atoms with E-state index < -0.39 is 6.04 Å². The van der Waals surface area contributed by atoms with Gasteiger partial charge in [0.1, 0.15) is 6.04 Å². The Hall–Kier alpha value is -2.40. The first-order valence-electron chi connectivity index (χ1n) is 9.76. The third kappa shape index (κ3) is 5.27. The van der Waals surface area contributed by atoms with Crippen LogP contribution in [0.1, 0.15) is 18.9 Å². The standard InChI is InChI=1S/C22H24IN3O4S/c1-4-25-21(28)17(12-20(27)24-16-8-6-15(23)7-9-16)26(22(25)31)13-14-5-10-18(29-2)19(11-14)30-3/h5-11,17H,4,12-13H2,1-3H3,(H,24,27). The molecule has 0 aliphatic carbocycles. The third-order valence-corrected chi connectivity index (χ3v) is 6.20. The number of methoxy groups -OCH3 is 2. The van der Waals surface area contributed by atoms with Crippen LogP contribution < -0.4 is 14.8 Å². The van der Waals surface area contributed by atoms with Crippen LogP contribution in [0.4, 0.5) is 5.69 Å². The number of benzene rings is 2. The number of carbonyl (C=O) groups is 2. The van der Waals surface area contributed by atoms with Crippen molar-refractivity contribution in [2.24, 2.45) is 0 Å². The van der Waals surface area contributed by atoms with Crippen molar-refractivity contribution in [1.82, 2.24) is 9.80 Å². The minimum atomic E-state index is -0.663. The Bertz CT molecular complexity index is 983. The van der Waals surface area contributed by atoms with E-state index >= 15 is 0 Å². The number of ether oxygens (including phenoxy) is 2. The molecule has 2 aromatic rings. The highest BCUT2D eigenvalue weighted by Gasteiger charge is 2.42. The second kappa shape index (κ2) is 10.3. The van der Waals surface area contributed by atoms with E-state index in [1.165, 1.54) is 0 Å². The van der Waals surface area contributed by atoms with Gasteiger partial charge in [-0.3, -0.25) is 14.5 Å². The van der Waals surface area contributed by atoms with Crippen molar-refractivity contribution >= 4 is 57.4 Å². The fourth-order valence-electron chi connectivity index (χ4n) is 3.46. The average Bonchev–Trinajstić information content (AvgIpc) is 2.98. The Balaban J connectivity index is 1.79. The number of halogens is 1. The Morgan fingerprint density at radius 3 is 2.42 bits per heavy atom. The first-order valence-corrected chi connectivity index (χ1v) is 11.2. The van der Waals surface area contributed by atoms with Gasteiger partial charge in [-0.1, -0.05) is 6.07 Å². The number of hydrogen-bond acceptors (Lipinski definition) is 5. The van der Waals surface area contributed by atoms with E-state index in [-0.39, 0.29) is 18.2 Å². The molecule has 1 atom stereocenters. The normalized spacial score (nSPS) is 15.9. The molecule has 0 aromatic heterocycles. The van der Waals surface area contributed by atoms with Crippen LogP contribution in [0.3, 0.4) is 0 Å². The smallest absolute Gasteiger partial charge is 0.252 e. The van der Waals surface area contributed by atoms with Crippen molar-refractivity contribution in [3.63, 3.8) is 0 Å². The number of likely N-dealkylation sites (N-methyl/N-ethyl adjacent to an activating group) is 1. The lowest BCUT2D eigenvalue weighted by Gasteiger charge is -2.24. The second-order valence-corrected chi connectivity index (χ2v) is 8.57. The number of amides is 2. The number of nitrogens with zero attached hydrogens (tertiary/aromatic N) is 2. The van der Waals surface area contributed by atoms with Crippen LogP contribution >= 0.6 is 34.8 Å². The molecule has 0 spiro atoms. The van der Waals surface area contributed by atoms with Crippen molar-refractivity contribution in [3.8, 4) is 11.5 Å². The summed E-state index contributed by atoms with van der Waals surface area (Å²) in [5.74, 6) is 0.815. The zero-order chi connectivity index (χ0) is 22.5. The van der Waals surface area contributed by atoms with E-state index in [0.717, 1.165) is 9.13 Å². The molecular formula is C22H24IN3O4S. The highest BCUT2D eigenvalue weighted by atomic mass is 127. The van der Waals surface area contributed by atoms with Crippen LogP contribution in [0, 0.1) is 3.57 Å². The molecule has 3 rings (SSSR count). The van der Waals surface area contributed by atoms with Crippen molar-refractivity contribution in [2.45, 2.75) is 25.9 Å². The van der Waals surface area contributed by atoms with Crippen molar-refractivity contribution in [1.29, 1.82) is 0 Å². The summed E-state index contributed by atoms with van der Waals surface area (Å²) in [5.41, 5.74) is 1.59. The zero-order valence-electron chi connectivity index (χ0n) is 17.6. The van der Waals surface area contributed by atoms with Gasteiger partial charge in [0.05, 0.1) is 20.6 Å². The molecule has 2 amide bonds. The third-order valence-electron chi connectivity index (χ3n) is 5.03. The van der Waals surface area contributed by atoms with Crippen LogP contribution in [0.5, 0.6) is 11.5 Å². The van der Waals surface area contributed by atoms with E-state index in [0.29, 0.717) is 35.4 Å². The van der Waals surface area contributed by atoms with Gasteiger partial charge in [0, 0.05) is 22.3 Å². The van der Waals surface area contributed by atoms with Gasteiger partial charge in [-0.15, -0.1) is 0 Å². The quantitative estimate of drug-likeness (QED) is 0.398. The lowest BCUT2D eigenvalue weighted by atomic mass is 10.1. The molecule has 1 aliphatic heterocycles. The first kappa shape index (κ1) is 23.3. The molecule has 1 N–H and O–H groups in total. The average molecular weight is 553 g/mol. The van der Waals surface area contributed by atoms with E-state index in [1.807, 2.05) is 49.4 Å². The summed E-state index contributed by atoms with van der Waals surface area (Å²) in [6.45, 7) is 2.70. The fraction of sp³-hybridized carbons (Fsp3) is 0.318. The van der Waals surface area contributed by atoms with Gasteiger partial charge in [0.15, 0.2) is 16.6 Å². The van der Waals surface area contributed by atoms with Crippen molar-refractivity contribution in [2.75, 3.05) is 26.1 Å². The molecule has 1 aliphatic rings. The number of nitrogens with one attached hydrogen (secondary N) is 1. The van der Waals surface area contributed by atoms with E-state index in [4.69, 9.17) is 21.7 Å². The van der Waals surface area contributed by atoms with Crippen LogP contribution in [0.15, 0.2) is 42.5 Å². The Labute approximate surface area is 200 Å². The number of thiocarbonyl (C=S) groups is 1. The monoisotopic (exact) mass is 553 g/mol. The Kier molecular flexibility index (Phi) is 7.71.